The smallest absolute Gasteiger partial charge is 0.338 e. The molecule has 1 heterocycles. The average Bonchev–Trinajstić information content (AvgIpc) is 2.62. The molecule has 23 heavy (non-hydrogen) atoms. The van der Waals surface area contributed by atoms with Crippen molar-refractivity contribution >= 4 is 5.97 Å². The minimum Gasteiger partial charge on any atom is -0.465 e. The monoisotopic (exact) mass is 309 g/mol. The fourth-order valence-electron chi connectivity index (χ4n) is 3.20. The molecule has 0 aromatic heterocycles. The number of carbonyl (C=O) groups excluding carboxylic acids is 1. The normalized spacial score (nSPS) is 15.3. The molecule has 0 spiro atoms. The Bertz CT molecular complexity index is 661. The molecular weight excluding hydrogens is 286 g/mol. The number of rotatable bonds is 4. The number of methoxy groups -OCH3 is 1. The number of esters is 1. The standard InChI is InChI=1S/C20H23NO2/c1-23-20(22)19-11-10-17(16-8-4-2-5-9-16)14-18(19)15-21-12-6-3-7-13-21/h2,4-5,8-11,14H,3,6-7,12-13,15H2,1H3. The van der Waals surface area contributed by atoms with E-state index in [0.29, 0.717) is 5.56 Å². The molecule has 120 valence electrons. The fourth-order valence-corrected chi connectivity index (χ4v) is 3.20. The summed E-state index contributed by atoms with van der Waals surface area (Å²) in [6, 6.07) is 16.3. The van der Waals surface area contributed by atoms with Crippen LogP contribution in [0, 0.1) is 0 Å². The van der Waals surface area contributed by atoms with Crippen molar-refractivity contribution in [1.29, 1.82) is 0 Å². The van der Waals surface area contributed by atoms with Gasteiger partial charge in [0.1, 0.15) is 0 Å². The molecule has 1 aliphatic rings. The zero-order chi connectivity index (χ0) is 16.1. The Morgan fingerprint density at radius 2 is 1.74 bits per heavy atom. The molecule has 3 nitrogen and oxygen atoms in total. The minimum absolute atomic E-state index is 0.253. The van der Waals surface area contributed by atoms with E-state index in [4.69, 9.17) is 4.74 Å². The topological polar surface area (TPSA) is 29.5 Å². The molecule has 1 fully saturated rings. The molecule has 0 saturated carbocycles. The second-order valence-electron chi connectivity index (χ2n) is 6.07. The SMILES string of the molecule is COC(=O)c1ccc(-c2ccccc2)cc1CN1CCCCC1. The van der Waals surface area contributed by atoms with E-state index >= 15 is 0 Å². The highest BCUT2D eigenvalue weighted by Gasteiger charge is 2.17. The van der Waals surface area contributed by atoms with E-state index < -0.39 is 0 Å². The van der Waals surface area contributed by atoms with Gasteiger partial charge in [0, 0.05) is 6.54 Å². The molecule has 0 atom stereocenters. The Morgan fingerprint density at radius 1 is 1.00 bits per heavy atom. The van der Waals surface area contributed by atoms with Crippen molar-refractivity contribution in [3.8, 4) is 11.1 Å². The Kier molecular flexibility index (Phi) is 5.09. The van der Waals surface area contributed by atoms with Crippen LogP contribution in [0.25, 0.3) is 11.1 Å². The van der Waals surface area contributed by atoms with Gasteiger partial charge in [-0.1, -0.05) is 42.8 Å². The molecular formula is C20H23NO2. The summed E-state index contributed by atoms with van der Waals surface area (Å²) in [6.07, 6.45) is 3.79. The lowest BCUT2D eigenvalue weighted by atomic mass is 9.98. The summed E-state index contributed by atoms with van der Waals surface area (Å²) in [5.41, 5.74) is 4.05. The van der Waals surface area contributed by atoms with Gasteiger partial charge >= 0.3 is 5.97 Å². The molecule has 2 aromatic rings. The van der Waals surface area contributed by atoms with Gasteiger partial charge in [-0.2, -0.15) is 0 Å². The van der Waals surface area contributed by atoms with Gasteiger partial charge in [-0.15, -0.1) is 0 Å². The van der Waals surface area contributed by atoms with Gasteiger partial charge in [0.05, 0.1) is 12.7 Å². The summed E-state index contributed by atoms with van der Waals surface area (Å²) in [5.74, 6) is -0.253. The lowest BCUT2D eigenvalue weighted by Gasteiger charge is -2.27. The van der Waals surface area contributed by atoms with Crippen molar-refractivity contribution in [3.63, 3.8) is 0 Å². The van der Waals surface area contributed by atoms with Gasteiger partial charge in [0.25, 0.3) is 0 Å². The number of ether oxygens (including phenoxy) is 1. The second kappa shape index (κ2) is 7.42. The first-order valence-electron chi connectivity index (χ1n) is 8.27. The lowest BCUT2D eigenvalue weighted by Crippen LogP contribution is -2.29. The average molecular weight is 309 g/mol. The number of likely N-dealkylation sites (tertiary alicyclic amines) is 1. The van der Waals surface area contributed by atoms with Gasteiger partial charge < -0.3 is 4.74 Å². The first-order chi connectivity index (χ1) is 11.3. The third-order valence-electron chi connectivity index (χ3n) is 4.46. The summed E-state index contributed by atoms with van der Waals surface area (Å²) in [7, 11) is 1.44. The zero-order valence-corrected chi connectivity index (χ0v) is 13.6. The first kappa shape index (κ1) is 15.8. The van der Waals surface area contributed by atoms with Crippen molar-refractivity contribution in [2.45, 2.75) is 25.8 Å². The second-order valence-corrected chi connectivity index (χ2v) is 6.07. The van der Waals surface area contributed by atoms with Crippen LogP contribution in [-0.4, -0.2) is 31.1 Å². The molecule has 0 N–H and O–H groups in total. The number of hydrogen-bond acceptors (Lipinski definition) is 3. The van der Waals surface area contributed by atoms with Crippen molar-refractivity contribution < 1.29 is 9.53 Å². The molecule has 0 unspecified atom stereocenters. The molecule has 3 rings (SSSR count). The van der Waals surface area contributed by atoms with Crippen molar-refractivity contribution in [2.24, 2.45) is 0 Å². The maximum absolute atomic E-state index is 12.1. The van der Waals surface area contributed by atoms with Crippen LogP contribution in [0.4, 0.5) is 0 Å². The van der Waals surface area contributed by atoms with E-state index in [1.165, 1.54) is 31.9 Å². The summed E-state index contributed by atoms with van der Waals surface area (Å²) in [4.78, 5) is 14.5. The Hall–Kier alpha value is -2.13. The van der Waals surface area contributed by atoms with Gasteiger partial charge in [0.2, 0.25) is 0 Å². The summed E-state index contributed by atoms with van der Waals surface area (Å²) in [6.45, 7) is 3.03. The van der Waals surface area contributed by atoms with Crippen LogP contribution < -0.4 is 0 Å². The molecule has 0 radical (unpaired) electrons. The number of benzene rings is 2. The quantitative estimate of drug-likeness (QED) is 0.795. The Balaban J connectivity index is 1.93. The first-order valence-corrected chi connectivity index (χ1v) is 8.27. The number of piperidine rings is 1. The number of hydrogen-bond donors (Lipinski definition) is 0. The molecule has 0 bridgehead atoms. The maximum Gasteiger partial charge on any atom is 0.338 e. The predicted octanol–water partition coefficient (Wildman–Crippen LogP) is 4.13. The number of nitrogens with zero attached hydrogens (tertiary/aromatic N) is 1. The molecule has 0 aliphatic carbocycles. The van der Waals surface area contributed by atoms with Crippen molar-refractivity contribution in [2.75, 3.05) is 20.2 Å². The van der Waals surface area contributed by atoms with E-state index in [2.05, 4.69) is 23.1 Å². The highest BCUT2D eigenvalue weighted by Crippen LogP contribution is 2.25. The van der Waals surface area contributed by atoms with Crippen LogP contribution in [-0.2, 0) is 11.3 Å². The van der Waals surface area contributed by atoms with E-state index in [0.717, 1.165) is 30.8 Å². The van der Waals surface area contributed by atoms with Gasteiger partial charge in [-0.25, -0.2) is 4.79 Å². The fraction of sp³-hybridized carbons (Fsp3) is 0.350. The largest absolute Gasteiger partial charge is 0.465 e. The minimum atomic E-state index is -0.253. The molecule has 0 amide bonds. The van der Waals surface area contributed by atoms with Gasteiger partial charge in [-0.3, -0.25) is 4.90 Å². The van der Waals surface area contributed by atoms with Gasteiger partial charge in [-0.05, 0) is 54.8 Å². The molecule has 2 aromatic carbocycles. The maximum atomic E-state index is 12.1. The van der Waals surface area contributed by atoms with Crippen LogP contribution in [0.15, 0.2) is 48.5 Å². The van der Waals surface area contributed by atoms with Crippen LogP contribution >= 0.6 is 0 Å². The molecule has 3 heteroatoms. The Labute approximate surface area is 137 Å². The highest BCUT2D eigenvalue weighted by atomic mass is 16.5. The predicted molar refractivity (Wildman–Crippen MR) is 92.3 cm³/mol. The van der Waals surface area contributed by atoms with Crippen LogP contribution in [0.2, 0.25) is 0 Å². The molecule has 1 saturated heterocycles. The lowest BCUT2D eigenvalue weighted by molar-refractivity contribution is 0.0598. The zero-order valence-electron chi connectivity index (χ0n) is 13.6. The van der Waals surface area contributed by atoms with Gasteiger partial charge in [0.15, 0.2) is 0 Å². The van der Waals surface area contributed by atoms with E-state index in [-0.39, 0.29) is 5.97 Å². The van der Waals surface area contributed by atoms with Crippen LogP contribution in [0.1, 0.15) is 35.2 Å². The summed E-state index contributed by atoms with van der Waals surface area (Å²) >= 11 is 0. The van der Waals surface area contributed by atoms with Crippen LogP contribution in [0.3, 0.4) is 0 Å². The molecule has 1 aliphatic heterocycles. The van der Waals surface area contributed by atoms with Crippen LogP contribution in [0.5, 0.6) is 0 Å². The summed E-state index contributed by atoms with van der Waals surface area (Å²) in [5, 5.41) is 0. The number of carbonyl (C=O) groups is 1. The Morgan fingerprint density at radius 3 is 2.43 bits per heavy atom. The third kappa shape index (κ3) is 3.80. The third-order valence-corrected chi connectivity index (χ3v) is 4.46. The van der Waals surface area contributed by atoms with Crippen molar-refractivity contribution in [1.82, 2.24) is 4.90 Å². The summed E-state index contributed by atoms with van der Waals surface area (Å²) < 4.78 is 4.95. The van der Waals surface area contributed by atoms with Crippen molar-refractivity contribution in [3.05, 3.63) is 59.7 Å². The van der Waals surface area contributed by atoms with E-state index in [1.807, 2.05) is 30.3 Å². The highest BCUT2D eigenvalue weighted by molar-refractivity contribution is 5.91. The van der Waals surface area contributed by atoms with E-state index in [9.17, 15) is 4.79 Å². The van der Waals surface area contributed by atoms with E-state index in [1.54, 1.807) is 0 Å².